The highest BCUT2D eigenvalue weighted by Crippen LogP contribution is 2.63. The lowest BCUT2D eigenvalue weighted by Crippen LogP contribution is -2.33. The first-order chi connectivity index (χ1) is 16.4. The van der Waals surface area contributed by atoms with Crippen LogP contribution in [0.4, 0.5) is 0 Å². The van der Waals surface area contributed by atoms with Gasteiger partial charge in [0, 0.05) is 5.56 Å². The molecule has 7 nitrogen and oxygen atoms in total. The van der Waals surface area contributed by atoms with Gasteiger partial charge >= 0.3 is 5.97 Å². The Balaban J connectivity index is 1.98. The van der Waals surface area contributed by atoms with E-state index < -0.39 is 11.6 Å². The summed E-state index contributed by atoms with van der Waals surface area (Å²) >= 11 is 13.0. The number of halogens is 2. The van der Waals surface area contributed by atoms with Gasteiger partial charge in [-0.2, -0.15) is 0 Å². The smallest absolute Gasteiger partial charge is 0.340 e. The third-order valence-corrected chi connectivity index (χ3v) is 7.16. The quantitative estimate of drug-likeness (QED) is 0.386. The molecule has 2 aliphatic heterocycles. The average Bonchev–Trinajstić information content (AvgIpc) is 3.11. The zero-order valence-electron chi connectivity index (χ0n) is 19.6. The first kappa shape index (κ1) is 23.5. The van der Waals surface area contributed by atoms with E-state index in [1.165, 1.54) is 26.4 Å². The number of hydrogen-bond acceptors (Lipinski definition) is 7. The molecular formula is C26H22Cl2O7. The zero-order valence-corrected chi connectivity index (χ0v) is 21.1. The molecule has 3 aromatic carbocycles. The van der Waals surface area contributed by atoms with Crippen LogP contribution in [0.3, 0.4) is 0 Å². The van der Waals surface area contributed by atoms with Crippen molar-refractivity contribution in [3.63, 3.8) is 0 Å². The molecular weight excluding hydrogens is 495 g/mol. The van der Waals surface area contributed by atoms with Crippen molar-refractivity contribution in [3.8, 4) is 34.5 Å². The van der Waals surface area contributed by atoms with Gasteiger partial charge in [-0.05, 0) is 35.2 Å². The summed E-state index contributed by atoms with van der Waals surface area (Å²) in [4.78, 5) is 13.2. The minimum Gasteiger partial charge on any atom is -0.503 e. The molecule has 2 heterocycles. The maximum atomic E-state index is 13.2. The van der Waals surface area contributed by atoms with Crippen LogP contribution in [0.25, 0.3) is 0 Å². The monoisotopic (exact) mass is 516 g/mol. The molecule has 0 bridgehead atoms. The van der Waals surface area contributed by atoms with Crippen molar-refractivity contribution in [1.82, 2.24) is 0 Å². The summed E-state index contributed by atoms with van der Waals surface area (Å²) in [5.41, 5.74) is 0.672. The highest BCUT2D eigenvalue weighted by molar-refractivity contribution is 6.35. The number of hydrogen-bond donors (Lipinski definition) is 2. The van der Waals surface area contributed by atoms with Crippen LogP contribution in [0, 0.1) is 0 Å². The number of fused-ring (bicyclic) bond motifs is 6. The predicted molar refractivity (Wildman–Crippen MR) is 130 cm³/mol. The molecule has 3 aromatic rings. The van der Waals surface area contributed by atoms with Gasteiger partial charge in [-0.3, -0.25) is 0 Å². The minimum absolute atomic E-state index is 0.0192. The number of ether oxygens (including phenoxy) is 4. The van der Waals surface area contributed by atoms with Gasteiger partial charge in [0.25, 0.3) is 0 Å². The molecule has 0 amide bonds. The highest BCUT2D eigenvalue weighted by Gasteiger charge is 2.56. The Labute approximate surface area is 211 Å². The Morgan fingerprint density at radius 3 is 1.83 bits per heavy atom. The largest absolute Gasteiger partial charge is 0.503 e. The Bertz CT molecular complexity index is 1360. The fraction of sp³-hybridized carbons (Fsp3) is 0.269. The molecule has 0 saturated heterocycles. The van der Waals surface area contributed by atoms with Crippen molar-refractivity contribution in [2.24, 2.45) is 0 Å². The molecule has 0 aromatic heterocycles. The van der Waals surface area contributed by atoms with Gasteiger partial charge < -0.3 is 29.2 Å². The standard InChI is InChI=1S/C26H22Cl2O7/c1-25(2,3)11-6-7-12-13(8-11)26(35-24(12)31)14-9-16(32-4)20(29)18(27)22(14)34-23-15(26)10-17(33-5)21(30)19(23)28/h6-10,29-30H,1-5H3. The number of rotatable bonds is 2. The molecule has 35 heavy (non-hydrogen) atoms. The van der Waals surface area contributed by atoms with Crippen LogP contribution in [0.5, 0.6) is 34.5 Å². The summed E-state index contributed by atoms with van der Waals surface area (Å²) in [6.45, 7) is 6.17. The molecule has 0 fully saturated rings. The van der Waals surface area contributed by atoms with Gasteiger partial charge in [0.05, 0.1) is 30.9 Å². The fourth-order valence-corrected chi connectivity index (χ4v) is 5.07. The van der Waals surface area contributed by atoms with Crippen molar-refractivity contribution in [2.45, 2.75) is 31.8 Å². The first-order valence-electron chi connectivity index (χ1n) is 10.7. The Kier molecular flexibility index (Phi) is 5.09. The zero-order chi connectivity index (χ0) is 25.4. The summed E-state index contributed by atoms with van der Waals surface area (Å²) in [5.74, 6) is -1.11. The van der Waals surface area contributed by atoms with E-state index in [1.54, 1.807) is 6.07 Å². The molecule has 0 radical (unpaired) electrons. The molecule has 2 aliphatic rings. The number of aromatic hydroxyl groups is 2. The van der Waals surface area contributed by atoms with Crippen molar-refractivity contribution < 1.29 is 34.0 Å². The first-order valence-corrected chi connectivity index (χ1v) is 11.5. The van der Waals surface area contributed by atoms with E-state index in [0.717, 1.165) is 5.56 Å². The maximum absolute atomic E-state index is 13.2. The molecule has 5 rings (SSSR count). The summed E-state index contributed by atoms with van der Waals surface area (Å²) in [5, 5.41) is 20.9. The van der Waals surface area contributed by atoms with E-state index in [1.807, 2.05) is 12.1 Å². The second kappa shape index (κ2) is 7.60. The second-order valence-electron chi connectivity index (χ2n) is 9.42. The third-order valence-electron chi connectivity index (χ3n) is 6.45. The second-order valence-corrected chi connectivity index (χ2v) is 10.2. The number of benzene rings is 3. The van der Waals surface area contributed by atoms with Gasteiger partial charge in [-0.1, -0.05) is 50.0 Å². The predicted octanol–water partition coefficient (Wildman–Crippen LogP) is 6.29. The van der Waals surface area contributed by atoms with Crippen LogP contribution in [0.15, 0.2) is 30.3 Å². The highest BCUT2D eigenvalue weighted by atomic mass is 35.5. The summed E-state index contributed by atoms with van der Waals surface area (Å²) in [6, 6.07) is 8.53. The Morgan fingerprint density at radius 1 is 0.857 bits per heavy atom. The van der Waals surface area contributed by atoms with Crippen LogP contribution in [0.1, 0.15) is 53.4 Å². The normalized spacial score (nSPS) is 15.1. The van der Waals surface area contributed by atoms with E-state index in [9.17, 15) is 15.0 Å². The number of phenols is 2. The van der Waals surface area contributed by atoms with E-state index in [2.05, 4.69) is 20.8 Å². The molecule has 0 aliphatic carbocycles. The van der Waals surface area contributed by atoms with Gasteiger partial charge in [-0.25, -0.2) is 4.79 Å². The molecule has 182 valence electrons. The summed E-state index contributed by atoms with van der Waals surface area (Å²) < 4.78 is 22.9. The van der Waals surface area contributed by atoms with Crippen molar-refractivity contribution in [3.05, 3.63) is 68.2 Å². The van der Waals surface area contributed by atoms with Gasteiger partial charge in [0.15, 0.2) is 40.1 Å². The van der Waals surface area contributed by atoms with E-state index in [-0.39, 0.29) is 50.0 Å². The SMILES string of the molecule is COc1cc2c(c(Cl)c1O)Oc1c(cc(OC)c(O)c1Cl)C21OC(=O)c2ccc(C(C)(C)C)cc21. The minimum atomic E-state index is -1.58. The Morgan fingerprint density at radius 2 is 1.37 bits per heavy atom. The van der Waals surface area contributed by atoms with Crippen LogP contribution in [-0.2, 0) is 15.8 Å². The number of phenolic OH excluding ortho intramolecular Hbond substituents is 2. The van der Waals surface area contributed by atoms with E-state index in [0.29, 0.717) is 22.3 Å². The number of carbonyl (C=O) groups is 1. The summed E-state index contributed by atoms with van der Waals surface area (Å²) in [6.07, 6.45) is 0. The number of methoxy groups -OCH3 is 2. The van der Waals surface area contributed by atoms with Crippen LogP contribution >= 0.6 is 23.2 Å². The van der Waals surface area contributed by atoms with Crippen molar-refractivity contribution in [1.29, 1.82) is 0 Å². The maximum Gasteiger partial charge on any atom is 0.340 e. The van der Waals surface area contributed by atoms with E-state index in [4.69, 9.17) is 42.1 Å². The van der Waals surface area contributed by atoms with Crippen LogP contribution < -0.4 is 14.2 Å². The molecule has 9 heteroatoms. The average molecular weight is 517 g/mol. The van der Waals surface area contributed by atoms with Crippen molar-refractivity contribution in [2.75, 3.05) is 14.2 Å². The lowest BCUT2D eigenvalue weighted by atomic mass is 9.75. The lowest BCUT2D eigenvalue weighted by Gasteiger charge is -2.38. The third kappa shape index (κ3) is 3.08. The van der Waals surface area contributed by atoms with Gasteiger partial charge in [0.1, 0.15) is 10.0 Å². The molecule has 0 unspecified atom stereocenters. The lowest BCUT2D eigenvalue weighted by molar-refractivity contribution is 0.0222. The van der Waals surface area contributed by atoms with Gasteiger partial charge in [0.2, 0.25) is 0 Å². The molecule has 0 saturated carbocycles. The molecule has 2 N–H and O–H groups in total. The molecule has 1 spiro atoms. The topological polar surface area (TPSA) is 94.5 Å². The number of carbonyl (C=O) groups excluding carboxylic acids is 1. The van der Waals surface area contributed by atoms with Crippen molar-refractivity contribution >= 4 is 29.2 Å². The van der Waals surface area contributed by atoms with Gasteiger partial charge in [-0.15, -0.1) is 0 Å². The van der Waals surface area contributed by atoms with Crippen LogP contribution in [-0.4, -0.2) is 30.4 Å². The summed E-state index contributed by atoms with van der Waals surface area (Å²) in [7, 11) is 2.76. The Hall–Kier alpha value is -3.29. The molecule has 0 atom stereocenters. The number of esters is 1. The fourth-order valence-electron chi connectivity index (χ4n) is 4.61. The van der Waals surface area contributed by atoms with E-state index >= 15 is 0 Å². The van der Waals surface area contributed by atoms with Crippen LogP contribution in [0.2, 0.25) is 10.0 Å².